The van der Waals surface area contributed by atoms with E-state index in [1.54, 1.807) is 6.20 Å². The zero-order valence-electron chi connectivity index (χ0n) is 9.85. The number of hydrogen-bond acceptors (Lipinski definition) is 5. The molecule has 2 aromatic heterocycles. The van der Waals surface area contributed by atoms with E-state index < -0.39 is 0 Å². The van der Waals surface area contributed by atoms with Gasteiger partial charge < -0.3 is 0 Å². The van der Waals surface area contributed by atoms with Crippen LogP contribution in [0.15, 0.2) is 11.6 Å². The van der Waals surface area contributed by atoms with Crippen LogP contribution >= 0.6 is 22.7 Å². The summed E-state index contributed by atoms with van der Waals surface area (Å²) in [6, 6.07) is 0. The third-order valence-electron chi connectivity index (χ3n) is 2.17. The number of thiazole rings is 2. The molecule has 0 spiro atoms. The van der Waals surface area contributed by atoms with E-state index in [9.17, 15) is 4.79 Å². The van der Waals surface area contributed by atoms with E-state index in [1.165, 1.54) is 22.7 Å². The van der Waals surface area contributed by atoms with E-state index >= 15 is 0 Å². The van der Waals surface area contributed by atoms with Crippen molar-refractivity contribution in [2.24, 2.45) is 0 Å². The SMILES string of the molecule is Cc1nc(C(C)C)c(C(=O)Nc2nccs2)s1. The highest BCUT2D eigenvalue weighted by molar-refractivity contribution is 7.15. The molecule has 1 N–H and O–H groups in total. The molecule has 2 heterocycles. The van der Waals surface area contributed by atoms with Crippen molar-refractivity contribution >= 4 is 33.7 Å². The van der Waals surface area contributed by atoms with E-state index in [2.05, 4.69) is 15.3 Å². The molecule has 0 saturated heterocycles. The highest BCUT2D eigenvalue weighted by atomic mass is 32.1. The lowest BCUT2D eigenvalue weighted by molar-refractivity contribution is 0.102. The molecule has 17 heavy (non-hydrogen) atoms. The number of anilines is 1. The normalized spacial score (nSPS) is 10.8. The van der Waals surface area contributed by atoms with Gasteiger partial charge in [0.05, 0.1) is 10.7 Å². The molecule has 0 saturated carbocycles. The first-order valence-electron chi connectivity index (χ1n) is 5.26. The van der Waals surface area contributed by atoms with Crippen molar-refractivity contribution in [3.05, 3.63) is 27.2 Å². The first-order valence-corrected chi connectivity index (χ1v) is 6.95. The van der Waals surface area contributed by atoms with Crippen LogP contribution in [-0.4, -0.2) is 15.9 Å². The Morgan fingerprint density at radius 1 is 1.47 bits per heavy atom. The summed E-state index contributed by atoms with van der Waals surface area (Å²) in [5.41, 5.74) is 0.863. The monoisotopic (exact) mass is 267 g/mol. The lowest BCUT2D eigenvalue weighted by atomic mass is 10.1. The van der Waals surface area contributed by atoms with Crippen LogP contribution in [-0.2, 0) is 0 Å². The molecule has 6 heteroatoms. The van der Waals surface area contributed by atoms with Crippen LogP contribution in [0.3, 0.4) is 0 Å². The average Bonchev–Trinajstić information content (AvgIpc) is 2.86. The molecule has 0 aromatic carbocycles. The lowest BCUT2D eigenvalue weighted by Gasteiger charge is -2.04. The molecule has 90 valence electrons. The van der Waals surface area contributed by atoms with Gasteiger partial charge in [0.15, 0.2) is 5.13 Å². The van der Waals surface area contributed by atoms with Crippen molar-refractivity contribution < 1.29 is 4.79 Å². The largest absolute Gasteiger partial charge is 0.297 e. The number of nitrogens with zero attached hydrogens (tertiary/aromatic N) is 2. The van der Waals surface area contributed by atoms with Crippen LogP contribution in [0, 0.1) is 6.92 Å². The molecular formula is C11H13N3OS2. The van der Waals surface area contributed by atoms with E-state index in [0.29, 0.717) is 10.0 Å². The fraction of sp³-hybridized carbons (Fsp3) is 0.364. The molecule has 0 fully saturated rings. The van der Waals surface area contributed by atoms with Crippen molar-refractivity contribution in [1.82, 2.24) is 9.97 Å². The molecular weight excluding hydrogens is 254 g/mol. The number of hydrogen-bond donors (Lipinski definition) is 1. The van der Waals surface area contributed by atoms with Crippen LogP contribution in [0.4, 0.5) is 5.13 Å². The van der Waals surface area contributed by atoms with Crippen molar-refractivity contribution in [3.63, 3.8) is 0 Å². The molecule has 0 unspecified atom stereocenters. The van der Waals surface area contributed by atoms with Gasteiger partial charge in [0.25, 0.3) is 5.91 Å². The number of amides is 1. The van der Waals surface area contributed by atoms with Crippen molar-refractivity contribution in [3.8, 4) is 0 Å². The summed E-state index contributed by atoms with van der Waals surface area (Å²) < 4.78 is 0. The number of nitrogens with one attached hydrogen (secondary N) is 1. The second-order valence-corrected chi connectivity index (χ2v) is 5.99. The Bertz CT molecular complexity index is 517. The molecule has 0 radical (unpaired) electrons. The number of carbonyl (C=O) groups is 1. The van der Waals surface area contributed by atoms with Gasteiger partial charge in [0.1, 0.15) is 4.88 Å². The molecule has 2 aromatic rings. The molecule has 0 aliphatic carbocycles. The minimum Gasteiger partial charge on any atom is -0.297 e. The Kier molecular flexibility index (Phi) is 3.54. The predicted molar refractivity (Wildman–Crippen MR) is 71.0 cm³/mol. The van der Waals surface area contributed by atoms with Gasteiger partial charge in [-0.25, -0.2) is 9.97 Å². The van der Waals surface area contributed by atoms with Gasteiger partial charge in [0.2, 0.25) is 0 Å². The van der Waals surface area contributed by atoms with E-state index in [-0.39, 0.29) is 11.8 Å². The Labute approximate surface area is 108 Å². The van der Waals surface area contributed by atoms with Gasteiger partial charge >= 0.3 is 0 Å². The molecule has 0 aliphatic rings. The first-order chi connectivity index (χ1) is 8.08. The quantitative estimate of drug-likeness (QED) is 0.928. The summed E-state index contributed by atoms with van der Waals surface area (Å²) in [7, 11) is 0. The minimum absolute atomic E-state index is 0.116. The zero-order chi connectivity index (χ0) is 12.4. The van der Waals surface area contributed by atoms with Crippen LogP contribution in [0.25, 0.3) is 0 Å². The Balaban J connectivity index is 2.24. The van der Waals surface area contributed by atoms with Crippen LogP contribution < -0.4 is 5.32 Å². The zero-order valence-corrected chi connectivity index (χ0v) is 11.5. The third-order valence-corrected chi connectivity index (χ3v) is 3.84. The smallest absolute Gasteiger partial charge is 0.269 e. The van der Waals surface area contributed by atoms with Gasteiger partial charge in [0, 0.05) is 11.6 Å². The van der Waals surface area contributed by atoms with Crippen molar-refractivity contribution in [2.75, 3.05) is 5.32 Å². The molecule has 0 bridgehead atoms. The Morgan fingerprint density at radius 2 is 2.24 bits per heavy atom. The summed E-state index contributed by atoms with van der Waals surface area (Å²) in [6.45, 7) is 5.99. The van der Waals surface area contributed by atoms with Crippen molar-refractivity contribution in [1.29, 1.82) is 0 Å². The molecule has 4 nitrogen and oxygen atoms in total. The Hall–Kier alpha value is -1.27. The van der Waals surface area contributed by atoms with Crippen molar-refractivity contribution in [2.45, 2.75) is 26.7 Å². The van der Waals surface area contributed by atoms with E-state index in [4.69, 9.17) is 0 Å². The summed E-state index contributed by atoms with van der Waals surface area (Å²) in [5, 5.41) is 6.15. The fourth-order valence-corrected chi connectivity index (χ4v) is 2.93. The van der Waals surface area contributed by atoms with Gasteiger partial charge in [-0.05, 0) is 12.8 Å². The maximum atomic E-state index is 12.1. The number of rotatable bonds is 3. The number of aromatic nitrogens is 2. The number of carbonyl (C=O) groups excluding carboxylic acids is 1. The fourth-order valence-electron chi connectivity index (χ4n) is 1.44. The third kappa shape index (κ3) is 2.70. The summed E-state index contributed by atoms with van der Waals surface area (Å²) in [4.78, 5) is 21.2. The van der Waals surface area contributed by atoms with Gasteiger partial charge in [-0.1, -0.05) is 13.8 Å². The first kappa shape index (κ1) is 12.2. The van der Waals surface area contributed by atoms with Gasteiger partial charge in [-0.2, -0.15) is 0 Å². The molecule has 1 amide bonds. The number of aryl methyl sites for hydroxylation is 1. The minimum atomic E-state index is -0.116. The summed E-state index contributed by atoms with van der Waals surface area (Å²) in [6.07, 6.45) is 1.67. The van der Waals surface area contributed by atoms with E-state index in [0.717, 1.165) is 10.7 Å². The molecule has 0 atom stereocenters. The second-order valence-electron chi connectivity index (χ2n) is 3.89. The van der Waals surface area contributed by atoms with Gasteiger partial charge in [-0.3, -0.25) is 10.1 Å². The topological polar surface area (TPSA) is 54.9 Å². The lowest BCUT2D eigenvalue weighted by Crippen LogP contribution is -2.12. The standard InChI is InChI=1S/C11H13N3OS2/c1-6(2)8-9(17-7(3)13-8)10(15)14-11-12-4-5-16-11/h4-6H,1-3H3,(H,12,14,15). The average molecular weight is 267 g/mol. The van der Waals surface area contributed by atoms with Crippen LogP contribution in [0.2, 0.25) is 0 Å². The maximum absolute atomic E-state index is 12.1. The van der Waals surface area contributed by atoms with Crippen LogP contribution in [0.5, 0.6) is 0 Å². The summed E-state index contributed by atoms with van der Waals surface area (Å²) in [5.74, 6) is 0.131. The highest BCUT2D eigenvalue weighted by Gasteiger charge is 2.19. The Morgan fingerprint density at radius 3 is 2.82 bits per heavy atom. The maximum Gasteiger partial charge on any atom is 0.269 e. The predicted octanol–water partition coefficient (Wildman–Crippen LogP) is 3.28. The summed E-state index contributed by atoms with van der Waals surface area (Å²) >= 11 is 2.83. The van der Waals surface area contributed by atoms with Gasteiger partial charge in [-0.15, -0.1) is 22.7 Å². The van der Waals surface area contributed by atoms with E-state index in [1.807, 2.05) is 26.2 Å². The highest BCUT2D eigenvalue weighted by Crippen LogP contribution is 2.25. The molecule has 0 aliphatic heterocycles. The molecule has 2 rings (SSSR count). The second kappa shape index (κ2) is 4.93. The van der Waals surface area contributed by atoms with Crippen LogP contribution in [0.1, 0.15) is 40.1 Å².